The van der Waals surface area contributed by atoms with Gasteiger partial charge < -0.3 is 9.80 Å². The van der Waals surface area contributed by atoms with E-state index < -0.39 is 0 Å². The average molecular weight is 310 g/mol. The Hall–Kier alpha value is -2.76. The Morgan fingerprint density at radius 3 is 2.22 bits per heavy atom. The summed E-state index contributed by atoms with van der Waals surface area (Å²) in [6.07, 6.45) is 4.51. The van der Waals surface area contributed by atoms with Crippen molar-refractivity contribution in [2.75, 3.05) is 26.2 Å². The molecule has 6 heteroatoms. The lowest BCUT2D eigenvalue weighted by atomic mass is 10.1. The predicted molar refractivity (Wildman–Crippen MR) is 85.0 cm³/mol. The molecule has 1 aromatic heterocycles. The molecule has 0 saturated carbocycles. The van der Waals surface area contributed by atoms with Gasteiger partial charge in [-0.3, -0.25) is 14.6 Å². The van der Waals surface area contributed by atoms with Crippen molar-refractivity contribution in [1.82, 2.24) is 19.8 Å². The minimum atomic E-state index is -0.138. The number of aryl methyl sites for hydroxylation is 1. The molecule has 1 fully saturated rings. The van der Waals surface area contributed by atoms with Crippen LogP contribution in [-0.2, 0) is 0 Å². The zero-order valence-electron chi connectivity index (χ0n) is 13.0. The van der Waals surface area contributed by atoms with Crippen molar-refractivity contribution in [1.29, 1.82) is 0 Å². The Morgan fingerprint density at radius 2 is 1.61 bits per heavy atom. The van der Waals surface area contributed by atoms with Crippen molar-refractivity contribution < 1.29 is 9.59 Å². The highest BCUT2D eigenvalue weighted by Gasteiger charge is 2.26. The summed E-state index contributed by atoms with van der Waals surface area (Å²) >= 11 is 0. The van der Waals surface area contributed by atoms with Gasteiger partial charge in [-0.05, 0) is 18.6 Å². The van der Waals surface area contributed by atoms with Crippen LogP contribution in [0.5, 0.6) is 0 Å². The maximum atomic E-state index is 12.6. The molecule has 0 atom stereocenters. The Labute approximate surface area is 134 Å². The van der Waals surface area contributed by atoms with E-state index in [9.17, 15) is 9.59 Å². The molecule has 3 rings (SSSR count). The normalized spacial score (nSPS) is 14.7. The van der Waals surface area contributed by atoms with Crippen LogP contribution < -0.4 is 0 Å². The molecule has 0 unspecified atom stereocenters. The molecule has 23 heavy (non-hydrogen) atoms. The Morgan fingerprint density at radius 1 is 0.957 bits per heavy atom. The lowest BCUT2D eigenvalue weighted by Gasteiger charge is -2.34. The zero-order valence-corrected chi connectivity index (χ0v) is 13.0. The van der Waals surface area contributed by atoms with Crippen LogP contribution in [0.25, 0.3) is 0 Å². The molecule has 1 aliphatic heterocycles. The summed E-state index contributed by atoms with van der Waals surface area (Å²) in [4.78, 5) is 36.3. The summed E-state index contributed by atoms with van der Waals surface area (Å²) in [6.45, 7) is 4.00. The van der Waals surface area contributed by atoms with Crippen LogP contribution >= 0.6 is 0 Å². The number of piperazine rings is 1. The number of hydrogen-bond donors (Lipinski definition) is 0. The number of benzene rings is 1. The van der Waals surface area contributed by atoms with Gasteiger partial charge in [0.05, 0.1) is 6.20 Å². The van der Waals surface area contributed by atoms with E-state index in [-0.39, 0.29) is 11.8 Å². The second-order valence-electron chi connectivity index (χ2n) is 5.49. The summed E-state index contributed by atoms with van der Waals surface area (Å²) in [6, 6.07) is 7.56. The van der Waals surface area contributed by atoms with E-state index in [2.05, 4.69) is 9.97 Å². The number of nitrogens with zero attached hydrogens (tertiary/aromatic N) is 4. The largest absolute Gasteiger partial charge is 0.335 e. The fourth-order valence-electron chi connectivity index (χ4n) is 2.67. The smallest absolute Gasteiger partial charge is 0.274 e. The number of carbonyl (C=O) groups excluding carboxylic acids is 2. The zero-order chi connectivity index (χ0) is 16.2. The van der Waals surface area contributed by atoms with Crippen molar-refractivity contribution >= 4 is 11.8 Å². The van der Waals surface area contributed by atoms with Gasteiger partial charge in [-0.1, -0.05) is 18.2 Å². The molecule has 6 nitrogen and oxygen atoms in total. The highest BCUT2D eigenvalue weighted by atomic mass is 16.2. The van der Waals surface area contributed by atoms with Crippen molar-refractivity contribution in [2.24, 2.45) is 0 Å². The molecule has 2 aromatic rings. The summed E-state index contributed by atoms with van der Waals surface area (Å²) in [5.74, 6) is -0.115. The van der Waals surface area contributed by atoms with Gasteiger partial charge in [0, 0.05) is 44.1 Å². The minimum Gasteiger partial charge on any atom is -0.335 e. The van der Waals surface area contributed by atoms with Crippen LogP contribution in [0.1, 0.15) is 26.4 Å². The van der Waals surface area contributed by atoms with Crippen molar-refractivity contribution in [3.05, 3.63) is 59.7 Å². The third-order valence-corrected chi connectivity index (χ3v) is 4.01. The maximum Gasteiger partial charge on any atom is 0.274 e. The third kappa shape index (κ3) is 3.21. The maximum absolute atomic E-state index is 12.6. The third-order valence-electron chi connectivity index (χ3n) is 4.01. The minimum absolute atomic E-state index is 0.0229. The number of hydrogen-bond acceptors (Lipinski definition) is 4. The van der Waals surface area contributed by atoms with Gasteiger partial charge in [-0.25, -0.2) is 4.98 Å². The first-order valence-corrected chi connectivity index (χ1v) is 7.57. The summed E-state index contributed by atoms with van der Waals surface area (Å²) in [5.41, 5.74) is 2.03. The molecule has 0 spiro atoms. The highest BCUT2D eigenvalue weighted by Crippen LogP contribution is 2.13. The Balaban J connectivity index is 1.64. The van der Waals surface area contributed by atoms with E-state index in [1.54, 1.807) is 9.80 Å². The van der Waals surface area contributed by atoms with Gasteiger partial charge >= 0.3 is 0 Å². The monoisotopic (exact) mass is 310 g/mol. The van der Waals surface area contributed by atoms with Gasteiger partial charge in [0.15, 0.2) is 0 Å². The molecule has 118 valence electrons. The van der Waals surface area contributed by atoms with Crippen LogP contribution in [-0.4, -0.2) is 57.8 Å². The lowest BCUT2D eigenvalue weighted by Crippen LogP contribution is -2.50. The number of carbonyl (C=O) groups is 2. The second kappa shape index (κ2) is 6.56. The molecule has 1 aromatic carbocycles. The summed E-state index contributed by atoms with van der Waals surface area (Å²) < 4.78 is 0. The first-order chi connectivity index (χ1) is 11.2. The van der Waals surface area contributed by atoms with Crippen LogP contribution in [0.3, 0.4) is 0 Å². The second-order valence-corrected chi connectivity index (χ2v) is 5.49. The van der Waals surface area contributed by atoms with Crippen LogP contribution in [0.2, 0.25) is 0 Å². The van der Waals surface area contributed by atoms with Gasteiger partial charge in [0.2, 0.25) is 0 Å². The van der Waals surface area contributed by atoms with Gasteiger partial charge in [-0.2, -0.15) is 0 Å². The first-order valence-electron chi connectivity index (χ1n) is 7.57. The Bertz CT molecular complexity index is 710. The van der Waals surface area contributed by atoms with Crippen molar-refractivity contribution in [3.8, 4) is 0 Å². The van der Waals surface area contributed by atoms with E-state index in [0.29, 0.717) is 31.9 Å². The van der Waals surface area contributed by atoms with Gasteiger partial charge in [0.25, 0.3) is 11.8 Å². The van der Waals surface area contributed by atoms with Crippen LogP contribution in [0, 0.1) is 6.92 Å². The van der Waals surface area contributed by atoms with E-state index in [1.807, 2.05) is 31.2 Å². The van der Waals surface area contributed by atoms with E-state index in [0.717, 1.165) is 11.1 Å². The SMILES string of the molecule is Cc1ccccc1C(=O)N1CCN(C(=O)c2cnccn2)CC1. The topological polar surface area (TPSA) is 66.4 Å². The number of amides is 2. The number of aromatic nitrogens is 2. The standard InChI is InChI=1S/C17H18N4O2/c1-13-4-2-3-5-14(13)16(22)20-8-10-21(11-9-20)17(23)15-12-18-6-7-19-15/h2-7,12H,8-11H2,1H3. The van der Waals surface area contributed by atoms with Gasteiger partial charge in [-0.15, -0.1) is 0 Å². The molecule has 0 radical (unpaired) electrons. The molecule has 2 amide bonds. The van der Waals surface area contributed by atoms with E-state index >= 15 is 0 Å². The highest BCUT2D eigenvalue weighted by molar-refractivity contribution is 5.96. The fourth-order valence-corrected chi connectivity index (χ4v) is 2.67. The van der Waals surface area contributed by atoms with Crippen molar-refractivity contribution in [3.63, 3.8) is 0 Å². The van der Waals surface area contributed by atoms with Crippen LogP contribution in [0.15, 0.2) is 42.9 Å². The lowest BCUT2D eigenvalue weighted by molar-refractivity contribution is 0.0531. The predicted octanol–water partition coefficient (Wildman–Crippen LogP) is 1.38. The molecular weight excluding hydrogens is 292 g/mol. The summed E-state index contributed by atoms with van der Waals surface area (Å²) in [7, 11) is 0. The molecule has 0 bridgehead atoms. The summed E-state index contributed by atoms with van der Waals surface area (Å²) in [5, 5.41) is 0. The molecule has 1 aliphatic rings. The molecule has 1 saturated heterocycles. The van der Waals surface area contributed by atoms with Crippen molar-refractivity contribution in [2.45, 2.75) is 6.92 Å². The molecule has 2 heterocycles. The first kappa shape index (κ1) is 15.1. The fraction of sp³-hybridized carbons (Fsp3) is 0.294. The van der Waals surface area contributed by atoms with Gasteiger partial charge in [0.1, 0.15) is 5.69 Å². The van der Waals surface area contributed by atoms with E-state index in [1.165, 1.54) is 18.6 Å². The molecule has 0 aliphatic carbocycles. The number of rotatable bonds is 2. The molecule has 0 N–H and O–H groups in total. The average Bonchev–Trinajstić information content (AvgIpc) is 2.62. The molecular formula is C17H18N4O2. The van der Waals surface area contributed by atoms with Crippen LogP contribution in [0.4, 0.5) is 0 Å². The Kier molecular flexibility index (Phi) is 4.32. The van der Waals surface area contributed by atoms with E-state index in [4.69, 9.17) is 0 Å². The quantitative estimate of drug-likeness (QED) is 0.840.